The Hall–Kier alpha value is -6.49. The predicted octanol–water partition coefficient (Wildman–Crippen LogP) is 8.65. The van der Waals surface area contributed by atoms with Gasteiger partial charge in [0.15, 0.2) is 0 Å². The van der Waals surface area contributed by atoms with Gasteiger partial charge in [-0.15, -0.1) is 0 Å². The highest BCUT2D eigenvalue weighted by Crippen LogP contribution is 2.32. The summed E-state index contributed by atoms with van der Waals surface area (Å²) in [5, 5.41) is 7.30. The maximum atomic E-state index is 12.9. The summed E-state index contributed by atoms with van der Waals surface area (Å²) in [5.41, 5.74) is 8.18. The SMILES string of the molecule is O=C(NCCCN1CCOCC1)c1cc2cc(Nc3nccc(-c4ccc(-c5cc(OCc6ccccc6)cc(OCc6ccccc6)c5)cc4)n3)ccc2[nH]1. The number of fused-ring (bicyclic) bond motifs is 1. The van der Waals surface area contributed by atoms with Gasteiger partial charge >= 0.3 is 0 Å². The Kier molecular flexibility index (Phi) is 11.6. The molecule has 0 spiro atoms. The van der Waals surface area contributed by atoms with Crippen LogP contribution >= 0.6 is 0 Å². The van der Waals surface area contributed by atoms with Crippen LogP contribution in [0.1, 0.15) is 28.0 Å². The second-order valence-corrected chi connectivity index (χ2v) is 13.8. The fourth-order valence-electron chi connectivity index (χ4n) is 6.69. The van der Waals surface area contributed by atoms with Crippen molar-refractivity contribution in [1.29, 1.82) is 0 Å². The van der Waals surface area contributed by atoms with Crippen molar-refractivity contribution in [2.75, 3.05) is 44.7 Å². The fraction of sp³-hybridized carbons (Fsp3) is 0.196. The van der Waals surface area contributed by atoms with Crippen molar-refractivity contribution in [3.05, 3.63) is 156 Å². The highest BCUT2D eigenvalue weighted by atomic mass is 16.5. The number of benzene rings is 5. The van der Waals surface area contributed by atoms with Crippen molar-refractivity contribution >= 4 is 28.4 Å². The highest BCUT2D eigenvalue weighted by molar-refractivity contribution is 5.98. The lowest BCUT2D eigenvalue weighted by Gasteiger charge is -2.26. The molecule has 7 aromatic rings. The van der Waals surface area contributed by atoms with E-state index in [0.717, 1.165) is 101 Å². The lowest BCUT2D eigenvalue weighted by Crippen LogP contribution is -2.38. The van der Waals surface area contributed by atoms with E-state index in [-0.39, 0.29) is 5.91 Å². The van der Waals surface area contributed by atoms with Crippen molar-refractivity contribution in [2.24, 2.45) is 0 Å². The number of hydrogen-bond acceptors (Lipinski definition) is 8. The van der Waals surface area contributed by atoms with Gasteiger partial charge in [0.25, 0.3) is 5.91 Å². The van der Waals surface area contributed by atoms with Gasteiger partial charge in [-0.3, -0.25) is 9.69 Å². The van der Waals surface area contributed by atoms with E-state index in [2.05, 4.69) is 74.0 Å². The first-order valence-electron chi connectivity index (χ1n) is 19.0. The van der Waals surface area contributed by atoms with E-state index in [1.165, 1.54) is 0 Å². The van der Waals surface area contributed by atoms with E-state index in [4.69, 9.17) is 19.2 Å². The predicted molar refractivity (Wildman–Crippen MR) is 220 cm³/mol. The van der Waals surface area contributed by atoms with E-state index in [0.29, 0.717) is 31.4 Å². The summed E-state index contributed by atoms with van der Waals surface area (Å²) >= 11 is 0. The molecule has 3 N–H and O–H groups in total. The monoisotopic (exact) mass is 744 g/mol. The maximum Gasteiger partial charge on any atom is 0.267 e. The number of H-pyrrole nitrogens is 1. The van der Waals surface area contributed by atoms with Gasteiger partial charge in [0.1, 0.15) is 30.4 Å². The molecule has 1 aliphatic rings. The van der Waals surface area contributed by atoms with Gasteiger partial charge in [-0.05, 0) is 77.7 Å². The van der Waals surface area contributed by atoms with Crippen LogP contribution in [-0.4, -0.2) is 65.2 Å². The summed E-state index contributed by atoms with van der Waals surface area (Å²) in [7, 11) is 0. The van der Waals surface area contributed by atoms with Crippen LogP contribution in [0.2, 0.25) is 0 Å². The Labute approximate surface area is 326 Å². The number of aromatic nitrogens is 3. The van der Waals surface area contributed by atoms with Crippen LogP contribution in [0.4, 0.5) is 11.6 Å². The summed E-state index contributed by atoms with van der Waals surface area (Å²) < 4.78 is 17.9. The largest absolute Gasteiger partial charge is 0.489 e. The zero-order chi connectivity index (χ0) is 37.9. The molecule has 0 bridgehead atoms. The molecule has 56 heavy (non-hydrogen) atoms. The van der Waals surface area contributed by atoms with Gasteiger partial charge in [-0.2, -0.15) is 0 Å². The average molecular weight is 745 g/mol. The normalized spacial score (nSPS) is 13.0. The molecule has 1 aliphatic heterocycles. The Morgan fingerprint density at radius 1 is 0.732 bits per heavy atom. The molecule has 1 saturated heterocycles. The van der Waals surface area contributed by atoms with Crippen molar-refractivity contribution in [2.45, 2.75) is 19.6 Å². The van der Waals surface area contributed by atoms with Crippen molar-refractivity contribution in [3.63, 3.8) is 0 Å². The number of carbonyl (C=O) groups excluding carboxylic acids is 1. The molecule has 5 aromatic carbocycles. The minimum atomic E-state index is -0.110. The Morgan fingerprint density at radius 3 is 2.11 bits per heavy atom. The summed E-state index contributed by atoms with van der Waals surface area (Å²) in [6.07, 6.45) is 2.65. The zero-order valence-corrected chi connectivity index (χ0v) is 31.1. The van der Waals surface area contributed by atoms with E-state index < -0.39 is 0 Å². The Bertz CT molecular complexity index is 2300. The number of carbonyl (C=O) groups is 1. The second-order valence-electron chi connectivity index (χ2n) is 13.8. The third kappa shape index (κ3) is 9.59. The molecule has 1 fully saturated rings. The lowest BCUT2D eigenvalue weighted by molar-refractivity contribution is 0.0374. The molecule has 0 unspecified atom stereocenters. The number of morpholine rings is 1. The number of aromatic amines is 1. The topological polar surface area (TPSA) is 114 Å². The minimum Gasteiger partial charge on any atom is -0.489 e. The van der Waals surface area contributed by atoms with Crippen LogP contribution in [0.15, 0.2) is 140 Å². The summed E-state index contributed by atoms with van der Waals surface area (Å²) in [4.78, 5) is 27.8. The number of amides is 1. The smallest absolute Gasteiger partial charge is 0.267 e. The number of nitrogens with zero attached hydrogens (tertiary/aromatic N) is 3. The molecule has 10 nitrogen and oxygen atoms in total. The molecule has 0 radical (unpaired) electrons. The van der Waals surface area contributed by atoms with Crippen LogP contribution in [0.25, 0.3) is 33.3 Å². The number of nitrogens with one attached hydrogen (secondary N) is 3. The van der Waals surface area contributed by atoms with Gasteiger partial charge in [-0.1, -0.05) is 84.9 Å². The summed E-state index contributed by atoms with van der Waals surface area (Å²) in [6.45, 7) is 5.94. The number of rotatable bonds is 15. The Morgan fingerprint density at radius 2 is 1.41 bits per heavy atom. The van der Waals surface area contributed by atoms with Gasteiger partial charge in [0, 0.05) is 54.1 Å². The van der Waals surface area contributed by atoms with Gasteiger partial charge in [0.2, 0.25) is 5.95 Å². The third-order valence-corrected chi connectivity index (χ3v) is 9.71. The van der Waals surface area contributed by atoms with E-state index in [1.807, 2.05) is 84.9 Å². The van der Waals surface area contributed by atoms with Crippen LogP contribution in [-0.2, 0) is 18.0 Å². The molecule has 3 heterocycles. The number of ether oxygens (including phenoxy) is 3. The quantitative estimate of drug-likeness (QED) is 0.0895. The van der Waals surface area contributed by atoms with Crippen molar-refractivity contribution in [3.8, 4) is 33.9 Å². The van der Waals surface area contributed by atoms with Gasteiger partial charge in [-0.25, -0.2) is 9.97 Å². The highest BCUT2D eigenvalue weighted by Gasteiger charge is 2.13. The van der Waals surface area contributed by atoms with Crippen molar-refractivity contribution in [1.82, 2.24) is 25.2 Å². The molecule has 2 aromatic heterocycles. The zero-order valence-electron chi connectivity index (χ0n) is 31.1. The third-order valence-electron chi connectivity index (χ3n) is 9.71. The molecule has 10 heteroatoms. The fourth-order valence-corrected chi connectivity index (χ4v) is 6.69. The standard InChI is InChI=1S/C46H44N6O4/c53-45(47-19-7-21-52-22-24-54-25-23-52)44-29-38-26-39(16-17-42(38)50-44)49-46-48-20-18-43(51-46)36-14-12-35(13-15-36)37-27-40(55-31-33-8-3-1-4-9-33)30-41(28-37)56-32-34-10-5-2-6-11-34/h1-6,8-18,20,26-30,50H,7,19,21-25,31-32H2,(H,47,53)(H,48,49,51). The summed E-state index contributed by atoms with van der Waals surface area (Å²) in [5.74, 6) is 1.83. The minimum absolute atomic E-state index is 0.110. The Balaban J connectivity index is 0.926. The molecule has 8 rings (SSSR count). The molecular weight excluding hydrogens is 701 g/mol. The lowest BCUT2D eigenvalue weighted by atomic mass is 10.0. The van der Waals surface area contributed by atoms with Crippen LogP contribution in [0.3, 0.4) is 0 Å². The van der Waals surface area contributed by atoms with Gasteiger partial charge < -0.3 is 29.8 Å². The van der Waals surface area contributed by atoms with E-state index in [9.17, 15) is 4.79 Å². The summed E-state index contributed by atoms with van der Waals surface area (Å²) in [6, 6.07) is 44.2. The average Bonchev–Trinajstić information content (AvgIpc) is 3.69. The maximum absolute atomic E-state index is 12.9. The van der Waals surface area contributed by atoms with Crippen LogP contribution in [0, 0.1) is 0 Å². The van der Waals surface area contributed by atoms with E-state index >= 15 is 0 Å². The first kappa shape index (κ1) is 36.5. The molecule has 1 amide bonds. The first-order chi connectivity index (χ1) is 27.6. The van der Waals surface area contributed by atoms with Crippen molar-refractivity contribution < 1.29 is 19.0 Å². The van der Waals surface area contributed by atoms with Gasteiger partial charge in [0.05, 0.1) is 18.9 Å². The van der Waals surface area contributed by atoms with Crippen LogP contribution < -0.4 is 20.1 Å². The van der Waals surface area contributed by atoms with E-state index in [1.54, 1.807) is 6.20 Å². The molecule has 282 valence electrons. The molecule has 0 saturated carbocycles. The van der Waals surface area contributed by atoms with Crippen LogP contribution in [0.5, 0.6) is 11.5 Å². The molecule has 0 aliphatic carbocycles. The molecular formula is C46H44N6O4. The first-order valence-corrected chi connectivity index (χ1v) is 19.0. The number of anilines is 2. The number of hydrogen-bond donors (Lipinski definition) is 3. The second kappa shape index (κ2) is 17.8. The molecule has 0 atom stereocenters.